The average Bonchev–Trinajstić information content (AvgIpc) is 3.52. The Morgan fingerprint density at radius 2 is 1.64 bits per heavy atom. The fourth-order valence-electron chi connectivity index (χ4n) is 4.24. The molecule has 1 aliphatic rings. The van der Waals surface area contributed by atoms with Gasteiger partial charge in [0.25, 0.3) is 0 Å². The molecule has 0 bridgehead atoms. The lowest BCUT2D eigenvalue weighted by Gasteiger charge is -2.15. The summed E-state index contributed by atoms with van der Waals surface area (Å²) in [6, 6.07) is 15.6. The summed E-state index contributed by atoms with van der Waals surface area (Å²) >= 11 is 12.5. The van der Waals surface area contributed by atoms with E-state index in [1.807, 2.05) is 36.4 Å². The minimum Gasteiger partial charge on any atom is -0.368 e. The first-order chi connectivity index (χ1) is 16.2. The molecule has 0 spiro atoms. The van der Waals surface area contributed by atoms with Crippen LogP contribution in [0.4, 0.5) is 5.82 Å². The first kappa shape index (κ1) is 22.1. The molecule has 2 N–H and O–H groups in total. The first-order valence-corrected chi connectivity index (χ1v) is 12.2. The Morgan fingerprint density at radius 1 is 0.909 bits per heavy atom. The maximum absolute atomic E-state index is 6.24. The highest BCUT2D eigenvalue weighted by molar-refractivity contribution is 6.42. The molecule has 8 heteroatoms. The minimum atomic E-state index is 0.460. The Labute approximate surface area is 203 Å². The monoisotopic (exact) mass is 480 g/mol. The SMILES string of the molecule is Clc1cc2nc(NCCCCN3CCCC3)c(-c3cc(-c4ccccc4)n[nH]3)nc2cc1Cl. The second kappa shape index (κ2) is 10.1. The van der Waals surface area contributed by atoms with E-state index in [4.69, 9.17) is 33.2 Å². The highest BCUT2D eigenvalue weighted by atomic mass is 35.5. The summed E-state index contributed by atoms with van der Waals surface area (Å²) in [6.45, 7) is 4.45. The van der Waals surface area contributed by atoms with Gasteiger partial charge in [-0.3, -0.25) is 5.10 Å². The molecule has 170 valence electrons. The third-order valence-electron chi connectivity index (χ3n) is 6.00. The first-order valence-electron chi connectivity index (χ1n) is 11.4. The molecule has 1 saturated heterocycles. The van der Waals surface area contributed by atoms with E-state index in [-0.39, 0.29) is 0 Å². The molecule has 6 nitrogen and oxygen atoms in total. The standard InChI is InChI=1S/C25H26Cl2N6/c26-18-14-21-22(15-19(18)27)30-25(28-10-4-5-11-33-12-6-7-13-33)24(29-21)23-16-20(31-32-23)17-8-2-1-3-9-17/h1-3,8-9,14-16H,4-7,10-13H2,(H,28,30)(H,31,32). The van der Waals surface area contributed by atoms with Crippen molar-refractivity contribution >= 4 is 40.1 Å². The quantitative estimate of drug-likeness (QED) is 0.290. The van der Waals surface area contributed by atoms with Gasteiger partial charge in [-0.25, -0.2) is 9.97 Å². The number of rotatable bonds is 8. The van der Waals surface area contributed by atoms with Crippen molar-refractivity contribution in [3.05, 3.63) is 58.6 Å². The van der Waals surface area contributed by atoms with Crippen LogP contribution >= 0.6 is 23.2 Å². The summed E-state index contributed by atoms with van der Waals surface area (Å²) < 4.78 is 0. The lowest BCUT2D eigenvalue weighted by Crippen LogP contribution is -2.21. The lowest BCUT2D eigenvalue weighted by atomic mass is 10.1. The van der Waals surface area contributed by atoms with E-state index in [0.717, 1.165) is 48.6 Å². The van der Waals surface area contributed by atoms with Crippen molar-refractivity contribution in [3.63, 3.8) is 0 Å². The lowest BCUT2D eigenvalue weighted by molar-refractivity contribution is 0.331. The summed E-state index contributed by atoms with van der Waals surface area (Å²) in [6.07, 6.45) is 4.88. The van der Waals surface area contributed by atoms with Gasteiger partial charge in [-0.1, -0.05) is 53.5 Å². The van der Waals surface area contributed by atoms with E-state index in [1.54, 1.807) is 12.1 Å². The maximum atomic E-state index is 6.24. The molecule has 1 aliphatic heterocycles. The Morgan fingerprint density at radius 3 is 2.39 bits per heavy atom. The van der Waals surface area contributed by atoms with Crippen LogP contribution in [-0.2, 0) is 0 Å². The second-order valence-corrected chi connectivity index (χ2v) is 9.21. The number of aromatic nitrogens is 4. The van der Waals surface area contributed by atoms with Crippen LogP contribution in [-0.4, -0.2) is 51.2 Å². The number of H-pyrrole nitrogens is 1. The smallest absolute Gasteiger partial charge is 0.154 e. The summed E-state index contributed by atoms with van der Waals surface area (Å²) in [4.78, 5) is 12.2. The van der Waals surface area contributed by atoms with Crippen LogP contribution in [0.25, 0.3) is 33.7 Å². The van der Waals surface area contributed by atoms with Crippen molar-refractivity contribution in [2.75, 3.05) is 31.5 Å². The molecule has 5 rings (SSSR count). The topological polar surface area (TPSA) is 69.7 Å². The molecule has 2 aromatic heterocycles. The van der Waals surface area contributed by atoms with Gasteiger partial charge in [-0.2, -0.15) is 5.10 Å². The van der Waals surface area contributed by atoms with E-state index in [2.05, 4.69) is 20.4 Å². The normalized spacial score (nSPS) is 14.2. The number of nitrogens with zero attached hydrogens (tertiary/aromatic N) is 4. The van der Waals surface area contributed by atoms with Gasteiger partial charge in [0.05, 0.1) is 32.5 Å². The van der Waals surface area contributed by atoms with Crippen LogP contribution in [0, 0.1) is 0 Å². The van der Waals surface area contributed by atoms with Gasteiger partial charge in [-0.05, 0) is 63.5 Å². The molecule has 0 amide bonds. The molecule has 4 aromatic rings. The van der Waals surface area contributed by atoms with Crippen molar-refractivity contribution in [1.29, 1.82) is 0 Å². The number of halogens is 2. The molecule has 1 fully saturated rings. The third-order valence-corrected chi connectivity index (χ3v) is 6.72. The Balaban J connectivity index is 1.40. The van der Waals surface area contributed by atoms with Gasteiger partial charge in [0.15, 0.2) is 5.82 Å². The fraction of sp³-hybridized carbons (Fsp3) is 0.320. The second-order valence-electron chi connectivity index (χ2n) is 8.39. The van der Waals surface area contributed by atoms with Crippen LogP contribution in [0.15, 0.2) is 48.5 Å². The molecular formula is C25H26Cl2N6. The van der Waals surface area contributed by atoms with Crippen LogP contribution in [0.1, 0.15) is 25.7 Å². The zero-order valence-corrected chi connectivity index (χ0v) is 19.8. The van der Waals surface area contributed by atoms with Crippen molar-refractivity contribution in [3.8, 4) is 22.6 Å². The van der Waals surface area contributed by atoms with Crippen LogP contribution < -0.4 is 5.32 Å². The summed E-state index contributed by atoms with van der Waals surface area (Å²) in [5.41, 5.74) is 4.81. The van der Waals surface area contributed by atoms with Crippen LogP contribution in [0.5, 0.6) is 0 Å². The van der Waals surface area contributed by atoms with E-state index in [1.165, 1.54) is 25.9 Å². The summed E-state index contributed by atoms with van der Waals surface area (Å²) in [5, 5.41) is 12.1. The molecule has 0 radical (unpaired) electrons. The Hall–Kier alpha value is -2.67. The van der Waals surface area contributed by atoms with Crippen molar-refractivity contribution in [1.82, 2.24) is 25.1 Å². The highest BCUT2D eigenvalue weighted by Gasteiger charge is 2.16. The van der Waals surface area contributed by atoms with Crippen LogP contribution in [0.3, 0.4) is 0 Å². The van der Waals surface area contributed by atoms with E-state index in [9.17, 15) is 0 Å². The molecule has 0 unspecified atom stereocenters. The van der Waals surface area contributed by atoms with E-state index >= 15 is 0 Å². The molecule has 0 saturated carbocycles. The maximum Gasteiger partial charge on any atom is 0.154 e. The molecule has 2 aromatic carbocycles. The number of hydrogen-bond acceptors (Lipinski definition) is 5. The summed E-state index contributed by atoms with van der Waals surface area (Å²) in [7, 11) is 0. The third kappa shape index (κ3) is 5.13. The number of hydrogen-bond donors (Lipinski definition) is 2. The predicted octanol–water partition coefficient (Wildman–Crippen LogP) is 6.28. The van der Waals surface area contributed by atoms with E-state index in [0.29, 0.717) is 26.9 Å². The van der Waals surface area contributed by atoms with Gasteiger partial charge in [-0.15, -0.1) is 0 Å². The Bertz CT molecular complexity index is 1230. The number of fused-ring (bicyclic) bond motifs is 1. The number of likely N-dealkylation sites (tertiary alicyclic amines) is 1. The Kier molecular flexibility index (Phi) is 6.76. The average molecular weight is 481 g/mol. The number of unbranched alkanes of at least 4 members (excludes halogenated alkanes) is 1. The van der Waals surface area contributed by atoms with E-state index < -0.39 is 0 Å². The van der Waals surface area contributed by atoms with Crippen molar-refractivity contribution in [2.45, 2.75) is 25.7 Å². The van der Waals surface area contributed by atoms with Crippen molar-refractivity contribution in [2.24, 2.45) is 0 Å². The fourth-order valence-corrected chi connectivity index (χ4v) is 4.55. The molecule has 33 heavy (non-hydrogen) atoms. The molecular weight excluding hydrogens is 455 g/mol. The van der Waals surface area contributed by atoms with Gasteiger partial charge in [0.1, 0.15) is 5.69 Å². The van der Waals surface area contributed by atoms with Gasteiger partial charge in [0.2, 0.25) is 0 Å². The van der Waals surface area contributed by atoms with Gasteiger partial charge in [0, 0.05) is 12.1 Å². The molecule has 3 heterocycles. The zero-order chi connectivity index (χ0) is 22.6. The number of aromatic amines is 1. The molecule has 0 atom stereocenters. The van der Waals surface area contributed by atoms with Gasteiger partial charge < -0.3 is 10.2 Å². The highest BCUT2D eigenvalue weighted by Crippen LogP contribution is 2.32. The zero-order valence-electron chi connectivity index (χ0n) is 18.3. The number of benzene rings is 2. The largest absolute Gasteiger partial charge is 0.368 e. The number of anilines is 1. The number of nitrogens with one attached hydrogen (secondary N) is 2. The molecule has 0 aliphatic carbocycles. The van der Waals surface area contributed by atoms with Gasteiger partial charge >= 0.3 is 0 Å². The minimum absolute atomic E-state index is 0.460. The summed E-state index contributed by atoms with van der Waals surface area (Å²) in [5.74, 6) is 0.713. The predicted molar refractivity (Wildman–Crippen MR) is 136 cm³/mol. The van der Waals surface area contributed by atoms with Crippen LogP contribution in [0.2, 0.25) is 10.0 Å². The van der Waals surface area contributed by atoms with Crippen molar-refractivity contribution < 1.29 is 0 Å².